The van der Waals surface area contributed by atoms with Gasteiger partial charge in [0.1, 0.15) is 10.6 Å². The quantitative estimate of drug-likeness (QED) is 0.791. The SMILES string of the molecule is COc1ccc(C)cc1S(=O)(=O)N[C@@H]1CCCN(S(=O)(=O)C2CC2)C1. The van der Waals surface area contributed by atoms with Gasteiger partial charge in [-0.2, -0.15) is 0 Å². The normalized spacial score (nSPS) is 22.7. The molecule has 1 N–H and O–H groups in total. The van der Waals surface area contributed by atoms with Crippen LogP contribution in [-0.4, -0.2) is 52.6 Å². The Bertz CT molecular complexity index is 847. The number of aryl methyl sites for hydroxylation is 1. The van der Waals surface area contributed by atoms with Crippen LogP contribution in [0.4, 0.5) is 0 Å². The zero-order chi connectivity index (χ0) is 18.2. The molecule has 0 aromatic heterocycles. The number of rotatable bonds is 6. The van der Waals surface area contributed by atoms with E-state index in [0.29, 0.717) is 32.2 Å². The summed E-state index contributed by atoms with van der Waals surface area (Å²) in [5.74, 6) is 0.274. The van der Waals surface area contributed by atoms with Crippen molar-refractivity contribution < 1.29 is 21.6 Å². The lowest BCUT2D eigenvalue weighted by Crippen LogP contribution is -2.50. The topological polar surface area (TPSA) is 92.8 Å². The Morgan fingerprint density at radius 1 is 1.16 bits per heavy atom. The first-order valence-electron chi connectivity index (χ1n) is 8.40. The van der Waals surface area contributed by atoms with Crippen molar-refractivity contribution in [1.29, 1.82) is 0 Å². The lowest BCUT2D eigenvalue weighted by atomic mass is 10.1. The van der Waals surface area contributed by atoms with Crippen LogP contribution in [0.25, 0.3) is 0 Å². The molecule has 1 atom stereocenters. The molecule has 0 unspecified atom stereocenters. The van der Waals surface area contributed by atoms with Crippen molar-refractivity contribution in [3.8, 4) is 5.75 Å². The van der Waals surface area contributed by atoms with Gasteiger partial charge in [0, 0.05) is 19.1 Å². The van der Waals surface area contributed by atoms with Crippen LogP contribution in [0, 0.1) is 6.92 Å². The second-order valence-corrected chi connectivity index (χ2v) is 10.6. The molecule has 1 aromatic carbocycles. The Balaban J connectivity index is 1.78. The fraction of sp³-hybridized carbons (Fsp3) is 0.625. The summed E-state index contributed by atoms with van der Waals surface area (Å²) in [5.41, 5.74) is 0.808. The number of hydrogen-bond acceptors (Lipinski definition) is 5. The lowest BCUT2D eigenvalue weighted by molar-refractivity contribution is 0.302. The Hall–Kier alpha value is -1.16. The summed E-state index contributed by atoms with van der Waals surface area (Å²) < 4.78 is 59.6. The van der Waals surface area contributed by atoms with E-state index in [-0.39, 0.29) is 22.4 Å². The van der Waals surface area contributed by atoms with Crippen molar-refractivity contribution in [2.45, 2.75) is 48.8 Å². The van der Waals surface area contributed by atoms with Gasteiger partial charge < -0.3 is 4.74 Å². The van der Waals surface area contributed by atoms with Gasteiger partial charge in [0.15, 0.2) is 0 Å². The summed E-state index contributed by atoms with van der Waals surface area (Å²) in [4.78, 5) is 0.0807. The molecule has 140 valence electrons. The van der Waals surface area contributed by atoms with Crippen LogP contribution in [0.3, 0.4) is 0 Å². The second kappa shape index (κ2) is 6.86. The first-order chi connectivity index (χ1) is 11.7. The highest BCUT2D eigenvalue weighted by Crippen LogP contribution is 2.32. The number of ether oxygens (including phenoxy) is 1. The summed E-state index contributed by atoms with van der Waals surface area (Å²) in [7, 11) is -5.66. The van der Waals surface area contributed by atoms with Gasteiger partial charge in [-0.1, -0.05) is 6.07 Å². The molecule has 7 nitrogen and oxygen atoms in total. The molecule has 3 rings (SSSR count). The van der Waals surface area contributed by atoms with Gasteiger partial charge in [-0.25, -0.2) is 25.9 Å². The van der Waals surface area contributed by atoms with Crippen LogP contribution in [0.15, 0.2) is 23.1 Å². The number of methoxy groups -OCH3 is 1. The van der Waals surface area contributed by atoms with Gasteiger partial charge in [0.05, 0.1) is 12.4 Å². The lowest BCUT2D eigenvalue weighted by Gasteiger charge is -2.32. The molecular weight excluding hydrogens is 364 g/mol. The number of nitrogens with one attached hydrogen (secondary N) is 1. The van der Waals surface area contributed by atoms with Crippen LogP contribution in [-0.2, 0) is 20.0 Å². The van der Waals surface area contributed by atoms with E-state index in [0.717, 1.165) is 5.56 Å². The molecule has 0 spiro atoms. The average molecular weight is 389 g/mol. The number of nitrogens with zero attached hydrogens (tertiary/aromatic N) is 1. The Morgan fingerprint density at radius 3 is 2.52 bits per heavy atom. The van der Waals surface area contributed by atoms with Crippen molar-refractivity contribution in [2.24, 2.45) is 0 Å². The highest BCUT2D eigenvalue weighted by molar-refractivity contribution is 7.90. The van der Waals surface area contributed by atoms with Gasteiger partial charge in [0.25, 0.3) is 0 Å². The van der Waals surface area contributed by atoms with E-state index >= 15 is 0 Å². The molecule has 2 fully saturated rings. The third-order valence-corrected chi connectivity index (χ3v) is 8.53. The molecule has 1 saturated carbocycles. The molecule has 1 aromatic rings. The van der Waals surface area contributed by atoms with Crippen LogP contribution in [0.2, 0.25) is 0 Å². The molecule has 0 radical (unpaired) electrons. The largest absolute Gasteiger partial charge is 0.495 e. The summed E-state index contributed by atoms with van der Waals surface area (Å²) in [6.45, 7) is 2.46. The molecule has 0 amide bonds. The minimum atomic E-state index is -3.80. The summed E-state index contributed by atoms with van der Waals surface area (Å²) in [5, 5.41) is -0.278. The van der Waals surface area contributed by atoms with E-state index in [1.165, 1.54) is 11.4 Å². The van der Waals surface area contributed by atoms with E-state index < -0.39 is 26.1 Å². The van der Waals surface area contributed by atoms with Gasteiger partial charge in [-0.05, 0) is 50.3 Å². The van der Waals surface area contributed by atoms with Crippen molar-refractivity contribution in [1.82, 2.24) is 9.03 Å². The molecule has 9 heteroatoms. The average Bonchev–Trinajstić information content (AvgIpc) is 3.40. The van der Waals surface area contributed by atoms with Gasteiger partial charge >= 0.3 is 0 Å². The zero-order valence-electron chi connectivity index (χ0n) is 14.4. The minimum Gasteiger partial charge on any atom is -0.495 e. The van der Waals surface area contributed by atoms with E-state index in [4.69, 9.17) is 4.74 Å². The van der Waals surface area contributed by atoms with Gasteiger partial charge in [-0.3, -0.25) is 0 Å². The van der Waals surface area contributed by atoms with Crippen molar-refractivity contribution in [3.05, 3.63) is 23.8 Å². The number of sulfonamides is 2. The fourth-order valence-electron chi connectivity index (χ4n) is 3.12. The predicted octanol–water partition coefficient (Wildman–Crippen LogP) is 1.24. The van der Waals surface area contributed by atoms with Crippen LogP contribution in [0.5, 0.6) is 5.75 Å². The summed E-state index contributed by atoms with van der Waals surface area (Å²) >= 11 is 0. The Labute approximate surface area is 149 Å². The fourth-order valence-corrected chi connectivity index (χ4v) is 6.56. The van der Waals surface area contributed by atoms with Crippen LogP contribution >= 0.6 is 0 Å². The van der Waals surface area contributed by atoms with Crippen LogP contribution < -0.4 is 9.46 Å². The number of hydrogen-bond donors (Lipinski definition) is 1. The maximum absolute atomic E-state index is 12.8. The molecule has 1 aliphatic carbocycles. The highest BCUT2D eigenvalue weighted by atomic mass is 32.2. The molecule has 1 heterocycles. The zero-order valence-corrected chi connectivity index (χ0v) is 16.1. The van der Waals surface area contributed by atoms with Gasteiger partial charge in [-0.15, -0.1) is 0 Å². The molecule has 2 aliphatic rings. The van der Waals surface area contributed by atoms with Crippen molar-refractivity contribution in [2.75, 3.05) is 20.2 Å². The summed E-state index contributed by atoms with van der Waals surface area (Å²) in [6, 6.07) is 4.53. The van der Waals surface area contributed by atoms with Crippen molar-refractivity contribution in [3.63, 3.8) is 0 Å². The standard InChI is InChI=1S/C16H24N2O5S2/c1-12-5-8-15(23-2)16(10-12)24(19,20)17-13-4-3-9-18(11-13)25(21,22)14-6-7-14/h5,8,10,13-14,17H,3-4,6-7,9,11H2,1-2H3/t13-/m1/s1. The van der Waals surface area contributed by atoms with E-state index in [2.05, 4.69) is 4.72 Å². The monoisotopic (exact) mass is 388 g/mol. The number of piperidine rings is 1. The molecule has 0 bridgehead atoms. The third kappa shape index (κ3) is 3.99. The maximum Gasteiger partial charge on any atom is 0.244 e. The van der Waals surface area contributed by atoms with E-state index in [1.54, 1.807) is 18.2 Å². The van der Waals surface area contributed by atoms with E-state index in [1.807, 2.05) is 6.92 Å². The first kappa shape index (κ1) is 18.6. The molecule has 1 saturated heterocycles. The predicted molar refractivity (Wildman–Crippen MR) is 94.6 cm³/mol. The highest BCUT2D eigenvalue weighted by Gasteiger charge is 2.42. The second-order valence-electron chi connectivity index (χ2n) is 6.72. The number of benzene rings is 1. The maximum atomic E-state index is 12.8. The first-order valence-corrected chi connectivity index (χ1v) is 11.4. The van der Waals surface area contributed by atoms with Crippen molar-refractivity contribution >= 4 is 20.0 Å². The minimum absolute atomic E-state index is 0.0807. The Morgan fingerprint density at radius 2 is 1.88 bits per heavy atom. The van der Waals surface area contributed by atoms with Gasteiger partial charge in [0.2, 0.25) is 20.0 Å². The van der Waals surface area contributed by atoms with E-state index in [9.17, 15) is 16.8 Å². The molecule has 25 heavy (non-hydrogen) atoms. The molecule has 1 aliphatic heterocycles. The third-order valence-electron chi connectivity index (χ3n) is 4.62. The Kier molecular flexibility index (Phi) is 5.11. The summed E-state index contributed by atoms with van der Waals surface area (Å²) in [6.07, 6.45) is 2.67. The molecular formula is C16H24N2O5S2. The van der Waals surface area contributed by atoms with Crippen LogP contribution in [0.1, 0.15) is 31.2 Å². The smallest absolute Gasteiger partial charge is 0.244 e.